The predicted octanol–water partition coefficient (Wildman–Crippen LogP) is 5.13. The van der Waals surface area contributed by atoms with Crippen molar-refractivity contribution in [1.82, 2.24) is 15.0 Å². The fraction of sp³-hybridized carbons (Fsp3) is 0.400. The minimum atomic E-state index is 0.0509. The average Bonchev–Trinajstić information content (AvgIpc) is 2.89. The van der Waals surface area contributed by atoms with E-state index in [0.717, 1.165) is 23.1 Å². The smallest absolute Gasteiger partial charge is 0.117 e. The fourth-order valence-electron chi connectivity index (χ4n) is 3.58. The van der Waals surface area contributed by atoms with E-state index in [9.17, 15) is 0 Å². The van der Waals surface area contributed by atoms with Crippen LogP contribution in [0, 0.1) is 5.41 Å². The topological polar surface area (TPSA) is 30.7 Å². The van der Waals surface area contributed by atoms with Crippen molar-refractivity contribution < 1.29 is 0 Å². The molecule has 0 aliphatic carbocycles. The molecule has 3 rings (SSSR count). The summed E-state index contributed by atoms with van der Waals surface area (Å²) in [5.41, 5.74) is 4.53. The standard InChI is InChI=1S/C20H25N3/c1-19(2,3)14-20(4,5)16-12-9-13-17-18(16)22-23(21-17)15-10-7-6-8-11-15/h6-13H,14H2,1-5H3. The highest BCUT2D eigenvalue weighted by atomic mass is 15.5. The number of benzene rings is 2. The van der Waals surface area contributed by atoms with E-state index in [0.29, 0.717) is 0 Å². The van der Waals surface area contributed by atoms with Crippen LogP contribution in [0.1, 0.15) is 46.6 Å². The zero-order valence-electron chi connectivity index (χ0n) is 14.7. The second kappa shape index (κ2) is 5.48. The molecule has 2 aromatic carbocycles. The molecule has 0 saturated carbocycles. The molecule has 0 aliphatic rings. The van der Waals surface area contributed by atoms with Crippen molar-refractivity contribution in [3.8, 4) is 5.69 Å². The first-order valence-electron chi connectivity index (χ1n) is 8.18. The summed E-state index contributed by atoms with van der Waals surface area (Å²) in [7, 11) is 0. The molecule has 0 amide bonds. The maximum absolute atomic E-state index is 4.78. The van der Waals surface area contributed by atoms with E-state index in [-0.39, 0.29) is 10.8 Å². The van der Waals surface area contributed by atoms with Crippen LogP contribution in [0.15, 0.2) is 48.5 Å². The minimum absolute atomic E-state index is 0.0509. The van der Waals surface area contributed by atoms with Gasteiger partial charge in [-0.2, -0.15) is 4.80 Å². The molecule has 0 unspecified atom stereocenters. The largest absolute Gasteiger partial charge is 0.150 e. The van der Waals surface area contributed by atoms with Gasteiger partial charge >= 0.3 is 0 Å². The molecule has 1 heterocycles. The van der Waals surface area contributed by atoms with E-state index in [1.807, 2.05) is 36.4 Å². The highest BCUT2D eigenvalue weighted by molar-refractivity contribution is 5.79. The number of hydrogen-bond acceptors (Lipinski definition) is 2. The predicted molar refractivity (Wildman–Crippen MR) is 96.0 cm³/mol. The van der Waals surface area contributed by atoms with Gasteiger partial charge in [0.2, 0.25) is 0 Å². The third-order valence-corrected chi connectivity index (χ3v) is 4.10. The van der Waals surface area contributed by atoms with Gasteiger partial charge in [-0.05, 0) is 41.0 Å². The third kappa shape index (κ3) is 3.29. The number of para-hydroxylation sites is 1. The molecule has 0 atom stereocenters. The van der Waals surface area contributed by atoms with Gasteiger partial charge in [-0.25, -0.2) is 0 Å². The van der Waals surface area contributed by atoms with Crippen LogP contribution >= 0.6 is 0 Å². The molecule has 0 N–H and O–H groups in total. The van der Waals surface area contributed by atoms with E-state index < -0.39 is 0 Å². The second-order valence-corrected chi connectivity index (χ2v) is 8.12. The lowest BCUT2D eigenvalue weighted by Gasteiger charge is -2.32. The number of rotatable bonds is 3. The third-order valence-electron chi connectivity index (χ3n) is 4.10. The monoisotopic (exact) mass is 307 g/mol. The van der Waals surface area contributed by atoms with Gasteiger partial charge in [-0.1, -0.05) is 65.0 Å². The van der Waals surface area contributed by atoms with Crippen LogP contribution in [0.25, 0.3) is 16.7 Å². The van der Waals surface area contributed by atoms with Gasteiger partial charge in [0.1, 0.15) is 11.0 Å². The van der Waals surface area contributed by atoms with Gasteiger partial charge in [-0.15, -0.1) is 10.2 Å². The maximum atomic E-state index is 4.78. The summed E-state index contributed by atoms with van der Waals surface area (Å²) in [4.78, 5) is 1.74. The molecule has 0 fully saturated rings. The Morgan fingerprint density at radius 1 is 0.826 bits per heavy atom. The van der Waals surface area contributed by atoms with Gasteiger partial charge in [0.05, 0.1) is 5.69 Å². The Bertz CT molecular complexity index is 808. The summed E-state index contributed by atoms with van der Waals surface area (Å²) in [6.07, 6.45) is 1.09. The molecule has 0 bridgehead atoms. The van der Waals surface area contributed by atoms with E-state index in [1.165, 1.54) is 5.56 Å². The summed E-state index contributed by atoms with van der Waals surface area (Å²) >= 11 is 0. The highest BCUT2D eigenvalue weighted by Gasteiger charge is 2.29. The number of fused-ring (bicyclic) bond motifs is 1. The zero-order valence-corrected chi connectivity index (χ0v) is 14.7. The molecular formula is C20H25N3. The lowest BCUT2D eigenvalue weighted by Crippen LogP contribution is -2.25. The lowest BCUT2D eigenvalue weighted by molar-refractivity contribution is 0.285. The van der Waals surface area contributed by atoms with Crippen LogP contribution in [0.5, 0.6) is 0 Å². The zero-order chi connectivity index (χ0) is 16.7. The van der Waals surface area contributed by atoms with E-state index >= 15 is 0 Å². The van der Waals surface area contributed by atoms with E-state index in [2.05, 4.69) is 51.9 Å². The molecule has 3 aromatic rings. The van der Waals surface area contributed by atoms with Crippen molar-refractivity contribution in [2.24, 2.45) is 5.41 Å². The summed E-state index contributed by atoms with van der Waals surface area (Å²) in [6, 6.07) is 16.4. The molecule has 0 spiro atoms. The number of hydrogen-bond donors (Lipinski definition) is 0. The van der Waals surface area contributed by atoms with Gasteiger partial charge < -0.3 is 0 Å². The molecule has 3 heteroatoms. The summed E-state index contributed by atoms with van der Waals surface area (Å²) in [5, 5.41) is 9.44. The van der Waals surface area contributed by atoms with Crippen LogP contribution in [0.2, 0.25) is 0 Å². The van der Waals surface area contributed by atoms with Crippen molar-refractivity contribution in [2.75, 3.05) is 0 Å². The highest BCUT2D eigenvalue weighted by Crippen LogP contribution is 2.38. The SMILES string of the molecule is CC(C)(C)CC(C)(C)c1cccc2nn(-c3ccccc3)nc12. The Hall–Kier alpha value is -2.16. The van der Waals surface area contributed by atoms with Crippen LogP contribution < -0.4 is 0 Å². The van der Waals surface area contributed by atoms with Crippen molar-refractivity contribution >= 4 is 11.0 Å². The van der Waals surface area contributed by atoms with Crippen LogP contribution in [0.3, 0.4) is 0 Å². The number of nitrogens with zero attached hydrogens (tertiary/aromatic N) is 3. The van der Waals surface area contributed by atoms with Gasteiger partial charge in [0.15, 0.2) is 0 Å². The van der Waals surface area contributed by atoms with Gasteiger partial charge in [0, 0.05) is 0 Å². The van der Waals surface area contributed by atoms with Crippen molar-refractivity contribution in [2.45, 2.75) is 46.5 Å². The van der Waals surface area contributed by atoms with E-state index in [1.54, 1.807) is 4.80 Å². The first kappa shape index (κ1) is 15.7. The van der Waals surface area contributed by atoms with Crippen molar-refractivity contribution in [1.29, 1.82) is 0 Å². The maximum Gasteiger partial charge on any atom is 0.117 e. The lowest BCUT2D eigenvalue weighted by atomic mass is 9.72. The Labute approximate surface area is 138 Å². The molecule has 3 nitrogen and oxygen atoms in total. The van der Waals surface area contributed by atoms with Gasteiger partial charge in [0.25, 0.3) is 0 Å². The minimum Gasteiger partial charge on any atom is -0.150 e. The Morgan fingerprint density at radius 2 is 1.52 bits per heavy atom. The van der Waals surface area contributed by atoms with Crippen LogP contribution in [-0.2, 0) is 5.41 Å². The average molecular weight is 307 g/mol. The van der Waals surface area contributed by atoms with Crippen LogP contribution in [0.4, 0.5) is 0 Å². The summed E-state index contributed by atoms with van der Waals surface area (Å²) in [5.74, 6) is 0. The van der Waals surface area contributed by atoms with Crippen LogP contribution in [-0.4, -0.2) is 15.0 Å². The summed E-state index contributed by atoms with van der Waals surface area (Å²) in [6.45, 7) is 11.5. The molecule has 0 aliphatic heterocycles. The fourth-order valence-corrected chi connectivity index (χ4v) is 3.58. The molecule has 0 radical (unpaired) electrons. The van der Waals surface area contributed by atoms with Crippen molar-refractivity contribution in [3.05, 3.63) is 54.1 Å². The molecular weight excluding hydrogens is 282 g/mol. The van der Waals surface area contributed by atoms with E-state index in [4.69, 9.17) is 5.10 Å². The Kier molecular flexibility index (Phi) is 3.75. The summed E-state index contributed by atoms with van der Waals surface area (Å²) < 4.78 is 0. The molecule has 1 aromatic heterocycles. The van der Waals surface area contributed by atoms with Gasteiger partial charge in [-0.3, -0.25) is 0 Å². The Morgan fingerprint density at radius 3 is 2.17 bits per heavy atom. The molecule has 120 valence electrons. The second-order valence-electron chi connectivity index (χ2n) is 8.12. The molecule has 0 saturated heterocycles. The molecule has 23 heavy (non-hydrogen) atoms. The quantitative estimate of drug-likeness (QED) is 0.671. The number of aromatic nitrogens is 3. The Balaban J connectivity index is 2.11. The first-order valence-corrected chi connectivity index (χ1v) is 8.18. The first-order chi connectivity index (χ1) is 10.8. The van der Waals surface area contributed by atoms with Crippen molar-refractivity contribution in [3.63, 3.8) is 0 Å². The normalized spacial score (nSPS) is 12.7.